The van der Waals surface area contributed by atoms with E-state index in [1.54, 1.807) is 57.9 Å². The van der Waals surface area contributed by atoms with Crippen molar-refractivity contribution in [2.75, 3.05) is 52.8 Å². The van der Waals surface area contributed by atoms with E-state index in [9.17, 15) is 39.9 Å². The van der Waals surface area contributed by atoms with Gasteiger partial charge >= 0.3 is 5.97 Å². The Morgan fingerprint density at radius 1 is 0.902 bits per heavy atom. The van der Waals surface area contributed by atoms with Gasteiger partial charge in [-0.3, -0.25) is 19.4 Å². The molecule has 2 aliphatic heterocycles. The van der Waals surface area contributed by atoms with Crippen LogP contribution in [0.2, 0.25) is 0 Å². The molecular formula is C45H64N4O12. The molecule has 16 nitrogen and oxygen atoms in total. The topological polar surface area (TPSA) is 220 Å². The summed E-state index contributed by atoms with van der Waals surface area (Å²) in [5, 5.41) is 66.5. The van der Waals surface area contributed by atoms with Crippen LogP contribution in [0.3, 0.4) is 0 Å². The van der Waals surface area contributed by atoms with E-state index in [0.717, 1.165) is 13.1 Å². The SMILES string of the molecule is CO/C=C/[C@H](OC)[C@@H](C)[C@@H](OC(C)=O)[C@H](C)[C@H](O)[C@H](C)[C@@H](O)[C@@H](C)/C=C/C=C(/C)C(=O)Nc1c(/C=N/N2CCN(C)CC2)c(O)c2c3c(c(C)c(O)c2c1O)OC(C)(C)C3=O. The molecule has 2 heterocycles. The number of piperazine rings is 1. The van der Waals surface area contributed by atoms with Gasteiger partial charge < -0.3 is 54.7 Å². The maximum atomic E-state index is 13.7. The first-order valence-corrected chi connectivity index (χ1v) is 20.5. The van der Waals surface area contributed by atoms with Gasteiger partial charge in [0.05, 0.1) is 60.1 Å². The van der Waals surface area contributed by atoms with Crippen molar-refractivity contribution in [3.63, 3.8) is 0 Å². The normalized spacial score (nSPS) is 20.0. The Labute approximate surface area is 358 Å². The molecule has 16 heteroatoms. The maximum absolute atomic E-state index is 13.7. The number of nitrogens with one attached hydrogen (secondary N) is 1. The zero-order valence-electron chi connectivity index (χ0n) is 37.3. The molecule has 1 amide bonds. The Bertz CT molecular complexity index is 2070. The number of likely N-dealkylation sites (N-methyl/N-ethyl adjacent to an activating group) is 1. The highest BCUT2D eigenvalue weighted by molar-refractivity contribution is 6.24. The number of aliphatic hydroxyl groups excluding tert-OH is 2. The number of hydrogen-bond acceptors (Lipinski definition) is 15. The van der Waals surface area contributed by atoms with E-state index in [4.69, 9.17) is 18.9 Å². The molecule has 61 heavy (non-hydrogen) atoms. The van der Waals surface area contributed by atoms with Crippen molar-refractivity contribution in [3.8, 4) is 23.0 Å². The number of methoxy groups -OCH3 is 2. The molecule has 0 spiro atoms. The van der Waals surface area contributed by atoms with E-state index < -0.39 is 82.7 Å². The molecule has 6 N–H and O–H groups in total. The molecule has 1 fully saturated rings. The Hall–Kier alpha value is -5.16. The van der Waals surface area contributed by atoms with E-state index >= 15 is 0 Å². The minimum Gasteiger partial charge on any atom is -0.507 e. The van der Waals surface area contributed by atoms with Gasteiger partial charge in [0.15, 0.2) is 11.4 Å². The van der Waals surface area contributed by atoms with Gasteiger partial charge in [-0.1, -0.05) is 45.9 Å². The number of allylic oxidation sites excluding steroid dienone is 2. The second-order valence-corrected chi connectivity index (χ2v) is 16.8. The summed E-state index contributed by atoms with van der Waals surface area (Å²) in [6.45, 7) is 17.2. The van der Waals surface area contributed by atoms with E-state index in [1.165, 1.54) is 53.5 Å². The summed E-state index contributed by atoms with van der Waals surface area (Å²) >= 11 is 0. The summed E-state index contributed by atoms with van der Waals surface area (Å²) in [7, 11) is 5.01. The minimum absolute atomic E-state index is 0.00193. The number of Topliss-reactive ketones (excluding diaryl/α,β-unsaturated/α-hetero) is 1. The molecule has 1 saturated heterocycles. The standard InChI is InChI=1S/C45H64N4O12/c1-23(36(51)26(4)37(52)27(5)41(60-29(7)50)25(3)31(59-12)16-21-58-11)14-13-15-24(2)44(57)47-35-30(22-46-49-19-17-48(10)18-20-49)39(54)32-33(40(35)55)38(53)28(6)42-34(32)43(56)45(8,9)61-42/h13-16,21-23,25-27,31,36-37,41,51-55H,17-20H2,1-12H3,(H,47,57)/b14-13+,21-16+,24-15-,46-22+/t23-,25+,26+,27+,31-,36-,37+,41+/m0/s1. The van der Waals surface area contributed by atoms with Crippen molar-refractivity contribution in [1.82, 2.24) is 9.91 Å². The third-order valence-corrected chi connectivity index (χ3v) is 11.9. The van der Waals surface area contributed by atoms with Crippen molar-refractivity contribution in [1.29, 1.82) is 0 Å². The summed E-state index contributed by atoms with van der Waals surface area (Å²) in [6.07, 6.45) is 5.84. The van der Waals surface area contributed by atoms with Crippen LogP contribution in [0.5, 0.6) is 23.0 Å². The van der Waals surface area contributed by atoms with Gasteiger partial charge in [-0.15, -0.1) is 0 Å². The molecule has 0 saturated carbocycles. The first kappa shape index (κ1) is 48.5. The Kier molecular flexibility index (Phi) is 16.0. The van der Waals surface area contributed by atoms with Gasteiger partial charge in [-0.05, 0) is 40.8 Å². The van der Waals surface area contributed by atoms with E-state index in [2.05, 4.69) is 15.3 Å². The third kappa shape index (κ3) is 10.5. The average molecular weight is 853 g/mol. The molecular weight excluding hydrogens is 789 g/mol. The zero-order valence-corrected chi connectivity index (χ0v) is 37.3. The van der Waals surface area contributed by atoms with Gasteiger partial charge in [-0.25, -0.2) is 0 Å². The number of benzene rings is 2. The van der Waals surface area contributed by atoms with E-state index in [-0.39, 0.29) is 50.4 Å². The third-order valence-electron chi connectivity index (χ3n) is 11.9. The number of carbonyl (C=O) groups is 3. The lowest BCUT2D eigenvalue weighted by Crippen LogP contribution is -2.46. The van der Waals surface area contributed by atoms with E-state index in [0.29, 0.717) is 13.1 Å². The Balaban J connectivity index is 1.62. The fourth-order valence-electron chi connectivity index (χ4n) is 7.89. The number of fused-ring (bicyclic) bond motifs is 3. The Morgan fingerprint density at radius 3 is 2.13 bits per heavy atom. The molecule has 8 atom stereocenters. The number of phenols is 3. The van der Waals surface area contributed by atoms with Gasteiger partial charge in [0.2, 0.25) is 5.78 Å². The number of aromatic hydroxyl groups is 3. The molecule has 2 aromatic carbocycles. The molecule has 0 unspecified atom stereocenters. The number of hydrazone groups is 1. The van der Waals surface area contributed by atoms with Crippen LogP contribution in [-0.2, 0) is 23.8 Å². The highest BCUT2D eigenvalue weighted by Crippen LogP contribution is 2.54. The van der Waals surface area contributed by atoms with Crippen molar-refractivity contribution in [2.45, 2.75) is 92.3 Å². The van der Waals surface area contributed by atoms with Gasteiger partial charge in [0.25, 0.3) is 5.91 Å². The molecule has 2 aliphatic rings. The van der Waals surface area contributed by atoms with Crippen LogP contribution >= 0.6 is 0 Å². The first-order chi connectivity index (χ1) is 28.6. The smallest absolute Gasteiger partial charge is 0.302 e. The number of anilines is 1. The van der Waals surface area contributed by atoms with Crippen molar-refractivity contribution < 1.29 is 58.9 Å². The Morgan fingerprint density at radius 2 is 1.54 bits per heavy atom. The predicted octanol–water partition coefficient (Wildman–Crippen LogP) is 5.01. The van der Waals surface area contributed by atoms with Crippen LogP contribution in [0.25, 0.3) is 10.8 Å². The van der Waals surface area contributed by atoms with Crippen molar-refractivity contribution in [2.24, 2.45) is 28.8 Å². The average Bonchev–Trinajstić information content (AvgIpc) is 3.46. The number of aliphatic hydroxyl groups is 2. The fraction of sp³-hybridized carbons (Fsp3) is 0.556. The van der Waals surface area contributed by atoms with Crippen molar-refractivity contribution >= 4 is 40.3 Å². The molecule has 2 aromatic rings. The zero-order chi connectivity index (χ0) is 45.7. The summed E-state index contributed by atoms with van der Waals surface area (Å²) in [5.74, 6) is -5.24. The lowest BCUT2D eigenvalue weighted by atomic mass is 9.78. The van der Waals surface area contributed by atoms with Crippen molar-refractivity contribution in [3.05, 3.63) is 52.8 Å². The molecule has 0 aliphatic carbocycles. The number of rotatable bonds is 17. The molecule has 4 rings (SSSR count). The summed E-state index contributed by atoms with van der Waals surface area (Å²) < 4.78 is 22.2. The molecule has 336 valence electrons. The molecule has 0 radical (unpaired) electrons. The van der Waals surface area contributed by atoms with Crippen LogP contribution in [0.15, 0.2) is 41.2 Å². The highest BCUT2D eigenvalue weighted by atomic mass is 16.5. The molecule has 0 bridgehead atoms. The summed E-state index contributed by atoms with van der Waals surface area (Å²) in [5.41, 5.74) is -1.28. The second-order valence-electron chi connectivity index (χ2n) is 16.8. The quantitative estimate of drug-likeness (QED) is 0.0234. The number of phenolic OH excluding ortho intramolecular Hbond substituents is 3. The number of carbonyl (C=O) groups excluding carboxylic acids is 3. The predicted molar refractivity (Wildman–Crippen MR) is 232 cm³/mol. The van der Waals surface area contributed by atoms with Crippen LogP contribution in [-0.4, -0.2) is 137 Å². The van der Waals surface area contributed by atoms with Crippen LogP contribution in [0, 0.1) is 30.6 Å². The minimum atomic E-state index is -1.31. The fourth-order valence-corrected chi connectivity index (χ4v) is 7.89. The van der Waals surface area contributed by atoms with Crippen LogP contribution < -0.4 is 10.1 Å². The highest BCUT2D eigenvalue weighted by Gasteiger charge is 2.45. The lowest BCUT2D eigenvalue weighted by Gasteiger charge is -2.38. The van der Waals surface area contributed by atoms with Gasteiger partial charge in [0, 0.05) is 80.4 Å². The number of nitrogens with zero attached hydrogens (tertiary/aromatic N) is 3. The molecule has 0 aromatic heterocycles. The maximum Gasteiger partial charge on any atom is 0.302 e. The van der Waals surface area contributed by atoms with E-state index in [1.807, 2.05) is 14.0 Å². The van der Waals surface area contributed by atoms with Gasteiger partial charge in [-0.2, -0.15) is 5.10 Å². The number of amides is 1. The van der Waals surface area contributed by atoms with Crippen LogP contribution in [0.1, 0.15) is 76.9 Å². The summed E-state index contributed by atoms with van der Waals surface area (Å²) in [6, 6.07) is 0. The number of hydrogen-bond donors (Lipinski definition) is 6. The first-order valence-electron chi connectivity index (χ1n) is 20.5. The number of esters is 1. The van der Waals surface area contributed by atoms with Crippen LogP contribution in [0.4, 0.5) is 5.69 Å². The monoisotopic (exact) mass is 852 g/mol. The second kappa shape index (κ2) is 20.1. The van der Waals surface area contributed by atoms with Gasteiger partial charge in [0.1, 0.15) is 23.4 Å². The number of ketones is 1. The summed E-state index contributed by atoms with van der Waals surface area (Å²) in [4.78, 5) is 41.6. The lowest BCUT2D eigenvalue weighted by molar-refractivity contribution is -0.160. The number of ether oxygens (including phenoxy) is 4. The largest absolute Gasteiger partial charge is 0.507 e.